The Kier molecular flexibility index (Phi) is 5.96. The fourth-order valence-corrected chi connectivity index (χ4v) is 3.35. The summed E-state index contributed by atoms with van der Waals surface area (Å²) in [6.07, 6.45) is 0. The highest BCUT2D eigenvalue weighted by Gasteiger charge is 2.16. The SMILES string of the molecule is CN(C)C(CNC(=O)c1ccc(CBr)cc1)c1cccs1. The summed E-state index contributed by atoms with van der Waals surface area (Å²) in [6, 6.07) is 12.0. The van der Waals surface area contributed by atoms with Crippen molar-refractivity contribution >= 4 is 33.2 Å². The third kappa shape index (κ3) is 4.40. The second-order valence-corrected chi connectivity index (χ2v) is 6.58. The van der Waals surface area contributed by atoms with Gasteiger partial charge in [0.1, 0.15) is 0 Å². The Morgan fingerprint density at radius 1 is 1.29 bits per heavy atom. The molecule has 0 fully saturated rings. The Morgan fingerprint density at radius 3 is 2.52 bits per heavy atom. The molecule has 1 aromatic heterocycles. The van der Waals surface area contributed by atoms with Crippen LogP contribution in [0.25, 0.3) is 0 Å². The summed E-state index contributed by atoms with van der Waals surface area (Å²) in [5.41, 5.74) is 1.86. The van der Waals surface area contributed by atoms with Gasteiger partial charge in [0.05, 0.1) is 6.04 Å². The van der Waals surface area contributed by atoms with Crippen LogP contribution in [0.15, 0.2) is 41.8 Å². The molecule has 1 atom stereocenters. The van der Waals surface area contributed by atoms with Gasteiger partial charge < -0.3 is 10.2 Å². The van der Waals surface area contributed by atoms with E-state index in [2.05, 4.69) is 37.6 Å². The molecule has 2 rings (SSSR count). The zero-order valence-electron chi connectivity index (χ0n) is 12.2. The second-order valence-electron chi connectivity index (χ2n) is 5.04. The van der Waals surface area contributed by atoms with Crippen molar-refractivity contribution in [1.82, 2.24) is 10.2 Å². The van der Waals surface area contributed by atoms with Crippen LogP contribution in [0.5, 0.6) is 0 Å². The highest BCUT2D eigenvalue weighted by molar-refractivity contribution is 9.08. The van der Waals surface area contributed by atoms with Gasteiger partial charge in [-0.05, 0) is 43.2 Å². The number of hydrogen-bond donors (Lipinski definition) is 1. The van der Waals surface area contributed by atoms with E-state index in [1.165, 1.54) is 4.88 Å². The van der Waals surface area contributed by atoms with Crippen LogP contribution in [0, 0.1) is 0 Å². The zero-order valence-corrected chi connectivity index (χ0v) is 14.6. The first kappa shape index (κ1) is 16.2. The van der Waals surface area contributed by atoms with E-state index in [9.17, 15) is 4.79 Å². The number of benzene rings is 1. The number of amides is 1. The van der Waals surface area contributed by atoms with E-state index >= 15 is 0 Å². The first-order valence-corrected chi connectivity index (χ1v) is 8.75. The van der Waals surface area contributed by atoms with Gasteiger partial charge in [-0.2, -0.15) is 0 Å². The molecule has 5 heteroatoms. The molecule has 112 valence electrons. The summed E-state index contributed by atoms with van der Waals surface area (Å²) in [4.78, 5) is 15.6. The number of carbonyl (C=O) groups excluding carboxylic acids is 1. The average molecular weight is 367 g/mol. The predicted molar refractivity (Wildman–Crippen MR) is 92.2 cm³/mol. The number of likely N-dealkylation sites (N-methyl/N-ethyl adjacent to an activating group) is 1. The van der Waals surface area contributed by atoms with E-state index in [4.69, 9.17) is 0 Å². The molecule has 0 saturated heterocycles. The van der Waals surface area contributed by atoms with Crippen LogP contribution in [-0.4, -0.2) is 31.4 Å². The molecule has 21 heavy (non-hydrogen) atoms. The van der Waals surface area contributed by atoms with Crippen LogP contribution >= 0.6 is 27.3 Å². The van der Waals surface area contributed by atoms with E-state index < -0.39 is 0 Å². The lowest BCUT2D eigenvalue weighted by Gasteiger charge is -2.23. The number of hydrogen-bond acceptors (Lipinski definition) is 3. The van der Waals surface area contributed by atoms with E-state index in [0.29, 0.717) is 12.1 Å². The van der Waals surface area contributed by atoms with Gasteiger partial charge in [-0.25, -0.2) is 0 Å². The molecule has 3 nitrogen and oxygen atoms in total. The molecule has 0 aliphatic carbocycles. The van der Waals surface area contributed by atoms with Gasteiger partial charge in [0.2, 0.25) is 0 Å². The molecular formula is C16H19BrN2OS. The standard InChI is InChI=1S/C16H19BrN2OS/c1-19(2)14(15-4-3-9-21-15)11-18-16(20)13-7-5-12(10-17)6-8-13/h3-9,14H,10-11H2,1-2H3,(H,18,20). The third-order valence-corrected chi connectivity index (χ3v) is 4.94. The maximum atomic E-state index is 12.2. The molecular weight excluding hydrogens is 348 g/mol. The lowest BCUT2D eigenvalue weighted by molar-refractivity contribution is 0.0942. The number of carbonyl (C=O) groups is 1. The molecule has 1 heterocycles. The minimum absolute atomic E-state index is 0.0282. The van der Waals surface area contributed by atoms with E-state index in [0.717, 1.165) is 10.9 Å². The van der Waals surface area contributed by atoms with E-state index in [1.807, 2.05) is 44.4 Å². The van der Waals surface area contributed by atoms with Gasteiger partial charge in [-0.15, -0.1) is 11.3 Å². The van der Waals surface area contributed by atoms with Gasteiger partial charge in [-0.1, -0.05) is 34.1 Å². The first-order chi connectivity index (χ1) is 10.1. The van der Waals surface area contributed by atoms with Crippen LogP contribution in [0.4, 0.5) is 0 Å². The van der Waals surface area contributed by atoms with Crippen molar-refractivity contribution in [2.45, 2.75) is 11.4 Å². The molecule has 0 aliphatic rings. The summed E-state index contributed by atoms with van der Waals surface area (Å²) < 4.78 is 0. The highest BCUT2D eigenvalue weighted by atomic mass is 79.9. The molecule has 1 N–H and O–H groups in total. The summed E-state index contributed by atoms with van der Waals surface area (Å²) in [7, 11) is 4.06. The van der Waals surface area contributed by atoms with Crippen molar-refractivity contribution in [3.63, 3.8) is 0 Å². The number of halogens is 1. The number of nitrogens with one attached hydrogen (secondary N) is 1. The van der Waals surface area contributed by atoms with Crippen molar-refractivity contribution in [3.05, 3.63) is 57.8 Å². The van der Waals surface area contributed by atoms with Gasteiger partial charge in [-0.3, -0.25) is 4.79 Å². The van der Waals surface area contributed by atoms with Crippen molar-refractivity contribution < 1.29 is 4.79 Å². The number of thiophene rings is 1. The smallest absolute Gasteiger partial charge is 0.251 e. The molecule has 0 aliphatic heterocycles. The summed E-state index contributed by atoms with van der Waals surface area (Å²) >= 11 is 5.12. The van der Waals surface area contributed by atoms with E-state index in [-0.39, 0.29) is 11.9 Å². The molecule has 1 aromatic carbocycles. The van der Waals surface area contributed by atoms with Gasteiger partial charge in [0.15, 0.2) is 0 Å². The maximum absolute atomic E-state index is 12.2. The van der Waals surface area contributed by atoms with Crippen LogP contribution in [0.1, 0.15) is 26.8 Å². The summed E-state index contributed by atoms with van der Waals surface area (Å²) in [5, 5.41) is 5.88. The predicted octanol–water partition coefficient (Wildman–Crippen LogP) is 3.68. The van der Waals surface area contributed by atoms with Crippen LogP contribution in [-0.2, 0) is 5.33 Å². The van der Waals surface area contributed by atoms with Gasteiger partial charge in [0, 0.05) is 22.3 Å². The minimum atomic E-state index is -0.0282. The van der Waals surface area contributed by atoms with Gasteiger partial charge >= 0.3 is 0 Å². The molecule has 0 bridgehead atoms. The van der Waals surface area contributed by atoms with Crippen molar-refractivity contribution in [1.29, 1.82) is 0 Å². The normalized spacial score (nSPS) is 12.4. The quantitative estimate of drug-likeness (QED) is 0.790. The lowest BCUT2D eigenvalue weighted by Crippen LogP contribution is -2.34. The Labute approximate surface area is 138 Å². The van der Waals surface area contributed by atoms with Crippen molar-refractivity contribution in [2.24, 2.45) is 0 Å². The molecule has 0 saturated carbocycles. The van der Waals surface area contributed by atoms with Crippen LogP contribution in [0.2, 0.25) is 0 Å². The zero-order chi connectivity index (χ0) is 15.2. The fourth-order valence-electron chi connectivity index (χ4n) is 2.06. The molecule has 1 unspecified atom stereocenters. The lowest BCUT2D eigenvalue weighted by atomic mass is 10.1. The fraction of sp³-hybridized carbons (Fsp3) is 0.312. The topological polar surface area (TPSA) is 32.3 Å². The van der Waals surface area contributed by atoms with E-state index in [1.54, 1.807) is 11.3 Å². The summed E-state index contributed by atoms with van der Waals surface area (Å²) in [5.74, 6) is -0.0282. The molecule has 0 spiro atoms. The largest absolute Gasteiger partial charge is 0.350 e. The Bertz CT molecular complexity index is 566. The Hall–Kier alpha value is -1.17. The Balaban J connectivity index is 1.98. The monoisotopic (exact) mass is 366 g/mol. The third-order valence-electron chi connectivity index (χ3n) is 3.32. The second kappa shape index (κ2) is 7.73. The average Bonchev–Trinajstić information content (AvgIpc) is 3.01. The van der Waals surface area contributed by atoms with Crippen LogP contribution < -0.4 is 5.32 Å². The van der Waals surface area contributed by atoms with Crippen LogP contribution in [0.3, 0.4) is 0 Å². The maximum Gasteiger partial charge on any atom is 0.251 e. The van der Waals surface area contributed by atoms with Gasteiger partial charge in [0.25, 0.3) is 5.91 Å². The number of alkyl halides is 1. The summed E-state index contributed by atoms with van der Waals surface area (Å²) in [6.45, 7) is 0.604. The minimum Gasteiger partial charge on any atom is -0.350 e. The molecule has 0 radical (unpaired) electrons. The number of nitrogens with zero attached hydrogens (tertiary/aromatic N) is 1. The first-order valence-electron chi connectivity index (χ1n) is 6.74. The molecule has 1 amide bonds. The van der Waals surface area contributed by atoms with Crippen molar-refractivity contribution in [3.8, 4) is 0 Å². The Morgan fingerprint density at radius 2 is 2.00 bits per heavy atom. The highest BCUT2D eigenvalue weighted by Crippen LogP contribution is 2.22. The van der Waals surface area contributed by atoms with Crippen molar-refractivity contribution in [2.75, 3.05) is 20.6 Å². The number of rotatable bonds is 6. The molecule has 2 aromatic rings.